The van der Waals surface area contributed by atoms with Crippen molar-refractivity contribution < 1.29 is 19.0 Å². The van der Waals surface area contributed by atoms with Crippen molar-refractivity contribution >= 4 is 17.2 Å². The molecule has 3 aromatic carbocycles. The Morgan fingerprint density at radius 1 is 0.909 bits per heavy atom. The fraction of sp³-hybridized carbons (Fsp3) is 0.222. The highest BCUT2D eigenvalue weighted by Crippen LogP contribution is 2.46. The number of anilines is 2. The highest BCUT2D eigenvalue weighted by Gasteiger charge is 2.37. The van der Waals surface area contributed by atoms with Crippen molar-refractivity contribution in [3.63, 3.8) is 0 Å². The number of fused-ring (bicyclic) bond motifs is 2. The summed E-state index contributed by atoms with van der Waals surface area (Å²) in [5, 5.41) is 7.19. The number of allylic oxidation sites excluding steroid dienone is 1. The molecule has 0 radical (unpaired) electrons. The number of rotatable bonds is 3. The number of ketones is 1. The molecular weight excluding hydrogens is 416 g/mol. The second kappa shape index (κ2) is 7.89. The maximum absolute atomic E-state index is 13.7. The highest BCUT2D eigenvalue weighted by atomic mass is 16.7. The predicted octanol–water partition coefficient (Wildman–Crippen LogP) is 5.40. The van der Waals surface area contributed by atoms with Crippen LogP contribution in [-0.2, 0) is 4.79 Å². The molecule has 2 heterocycles. The summed E-state index contributed by atoms with van der Waals surface area (Å²) in [7, 11) is 1.67. The average Bonchev–Trinajstić information content (AvgIpc) is 3.24. The van der Waals surface area contributed by atoms with E-state index in [0.29, 0.717) is 12.2 Å². The van der Waals surface area contributed by atoms with E-state index in [0.717, 1.165) is 51.7 Å². The molecule has 0 fully saturated rings. The van der Waals surface area contributed by atoms with Crippen LogP contribution in [0.25, 0.3) is 0 Å². The molecule has 0 unspecified atom stereocenters. The number of nitrogens with one attached hydrogen (secondary N) is 2. The second-order valence-electron chi connectivity index (χ2n) is 8.52. The topological polar surface area (TPSA) is 68.8 Å². The van der Waals surface area contributed by atoms with Gasteiger partial charge in [-0.05, 0) is 47.9 Å². The SMILES string of the molecule is COc1ccccc1[C@H]1CC(=O)C2=C(C1)Nc1ccccc1N[C@H]2c1ccc2c(c1)OCO2. The highest BCUT2D eigenvalue weighted by molar-refractivity contribution is 6.01. The Morgan fingerprint density at radius 2 is 1.70 bits per heavy atom. The van der Waals surface area contributed by atoms with Crippen LogP contribution in [0.1, 0.15) is 35.9 Å². The largest absolute Gasteiger partial charge is 0.496 e. The monoisotopic (exact) mass is 440 g/mol. The minimum Gasteiger partial charge on any atom is -0.496 e. The lowest BCUT2D eigenvalue weighted by molar-refractivity contribution is -0.116. The van der Waals surface area contributed by atoms with Crippen molar-refractivity contribution in [2.45, 2.75) is 24.8 Å². The van der Waals surface area contributed by atoms with Crippen LogP contribution >= 0.6 is 0 Å². The molecule has 0 saturated carbocycles. The molecule has 6 nitrogen and oxygen atoms in total. The Morgan fingerprint density at radius 3 is 2.58 bits per heavy atom. The summed E-state index contributed by atoms with van der Waals surface area (Å²) in [6.07, 6.45) is 1.15. The van der Waals surface area contributed by atoms with E-state index in [9.17, 15) is 4.79 Å². The molecule has 3 aliphatic rings. The number of benzene rings is 3. The first-order valence-corrected chi connectivity index (χ1v) is 11.1. The summed E-state index contributed by atoms with van der Waals surface area (Å²) < 4.78 is 16.7. The van der Waals surface area contributed by atoms with Crippen LogP contribution < -0.4 is 24.8 Å². The number of Topliss-reactive ketones (excluding diaryl/α,β-unsaturated/α-hetero) is 1. The Balaban J connectivity index is 1.46. The minimum absolute atomic E-state index is 0.0440. The van der Waals surface area contributed by atoms with Gasteiger partial charge in [0.15, 0.2) is 17.3 Å². The van der Waals surface area contributed by atoms with Crippen molar-refractivity contribution in [1.82, 2.24) is 0 Å². The zero-order chi connectivity index (χ0) is 22.4. The minimum atomic E-state index is -0.295. The molecule has 1 aliphatic carbocycles. The van der Waals surface area contributed by atoms with Crippen LogP contribution in [0.2, 0.25) is 0 Å². The number of carbonyl (C=O) groups is 1. The molecule has 3 aromatic rings. The number of hydrogen-bond acceptors (Lipinski definition) is 6. The van der Waals surface area contributed by atoms with Gasteiger partial charge in [0.1, 0.15) is 5.75 Å². The first kappa shape index (κ1) is 19.7. The zero-order valence-corrected chi connectivity index (χ0v) is 18.3. The van der Waals surface area contributed by atoms with Crippen molar-refractivity contribution in [3.05, 3.63) is 89.1 Å². The summed E-state index contributed by atoms with van der Waals surface area (Å²) in [6, 6.07) is 21.6. The van der Waals surface area contributed by atoms with Gasteiger partial charge >= 0.3 is 0 Å². The third kappa shape index (κ3) is 3.39. The van der Waals surface area contributed by atoms with Gasteiger partial charge in [-0.1, -0.05) is 36.4 Å². The zero-order valence-electron chi connectivity index (χ0n) is 18.3. The van der Waals surface area contributed by atoms with Gasteiger partial charge in [-0.3, -0.25) is 4.79 Å². The maximum Gasteiger partial charge on any atom is 0.231 e. The van der Waals surface area contributed by atoms with Crippen LogP contribution in [-0.4, -0.2) is 19.7 Å². The lowest BCUT2D eigenvalue weighted by Crippen LogP contribution is -2.27. The molecule has 0 aromatic heterocycles. The van der Waals surface area contributed by atoms with E-state index in [1.165, 1.54) is 0 Å². The molecule has 2 atom stereocenters. The number of hydrogen-bond donors (Lipinski definition) is 2. The maximum atomic E-state index is 13.7. The van der Waals surface area contributed by atoms with Crippen molar-refractivity contribution in [2.24, 2.45) is 0 Å². The molecule has 0 bridgehead atoms. The van der Waals surface area contributed by atoms with Gasteiger partial charge in [-0.25, -0.2) is 0 Å². The molecule has 0 spiro atoms. The summed E-state index contributed by atoms with van der Waals surface area (Å²) in [5.74, 6) is 2.42. The number of para-hydroxylation sites is 3. The molecule has 33 heavy (non-hydrogen) atoms. The van der Waals surface area contributed by atoms with Crippen molar-refractivity contribution in [1.29, 1.82) is 0 Å². The molecule has 2 aliphatic heterocycles. The molecule has 6 heteroatoms. The van der Waals surface area contributed by atoms with E-state index in [4.69, 9.17) is 14.2 Å². The van der Waals surface area contributed by atoms with Crippen LogP contribution in [0.3, 0.4) is 0 Å². The molecule has 2 N–H and O–H groups in total. The average molecular weight is 440 g/mol. The van der Waals surface area contributed by atoms with Gasteiger partial charge in [0.2, 0.25) is 6.79 Å². The van der Waals surface area contributed by atoms with E-state index >= 15 is 0 Å². The van der Waals surface area contributed by atoms with Crippen LogP contribution in [0, 0.1) is 0 Å². The number of ether oxygens (including phenoxy) is 3. The predicted molar refractivity (Wildman–Crippen MR) is 126 cm³/mol. The molecule has 0 amide bonds. The molecule has 6 rings (SSSR count). The van der Waals surface area contributed by atoms with Crippen LogP contribution in [0.5, 0.6) is 17.2 Å². The fourth-order valence-electron chi connectivity index (χ4n) is 5.06. The Kier molecular flexibility index (Phi) is 4.72. The van der Waals surface area contributed by atoms with Gasteiger partial charge < -0.3 is 24.8 Å². The smallest absolute Gasteiger partial charge is 0.231 e. The lowest BCUT2D eigenvalue weighted by atomic mass is 9.78. The van der Waals surface area contributed by atoms with Crippen LogP contribution in [0.15, 0.2) is 78.0 Å². The molecule has 0 saturated heterocycles. The summed E-state index contributed by atoms with van der Waals surface area (Å²) in [6.45, 7) is 0.217. The second-order valence-corrected chi connectivity index (χ2v) is 8.52. The third-order valence-corrected chi connectivity index (χ3v) is 6.62. The van der Waals surface area contributed by atoms with E-state index < -0.39 is 0 Å². The van der Waals surface area contributed by atoms with Gasteiger partial charge in [-0.15, -0.1) is 0 Å². The van der Waals surface area contributed by atoms with E-state index in [2.05, 4.69) is 16.7 Å². The quantitative estimate of drug-likeness (QED) is 0.568. The molecular formula is C27H24N2O4. The van der Waals surface area contributed by atoms with Gasteiger partial charge in [0.05, 0.1) is 24.5 Å². The first-order chi connectivity index (χ1) is 16.2. The number of methoxy groups -OCH3 is 1. The Hall–Kier alpha value is -3.93. The van der Waals surface area contributed by atoms with E-state index in [1.54, 1.807) is 7.11 Å². The van der Waals surface area contributed by atoms with Gasteiger partial charge in [-0.2, -0.15) is 0 Å². The van der Waals surface area contributed by atoms with E-state index in [1.807, 2.05) is 60.7 Å². The standard InChI is InChI=1S/C27H24N2O4/c1-31-23-9-5-2-6-18(23)17-12-21-26(22(30)13-17)27(29-20-8-4-3-7-19(20)28-21)16-10-11-24-25(14-16)33-15-32-24/h2-11,14,17,27-29H,12-13,15H2,1H3/t17-,27+/m1/s1. The van der Waals surface area contributed by atoms with Crippen LogP contribution in [0.4, 0.5) is 11.4 Å². The van der Waals surface area contributed by atoms with Crippen molar-refractivity contribution in [2.75, 3.05) is 24.5 Å². The first-order valence-electron chi connectivity index (χ1n) is 11.1. The van der Waals surface area contributed by atoms with Crippen molar-refractivity contribution in [3.8, 4) is 17.2 Å². The summed E-state index contributed by atoms with van der Waals surface area (Å²) >= 11 is 0. The fourth-order valence-corrected chi connectivity index (χ4v) is 5.06. The number of carbonyl (C=O) groups excluding carboxylic acids is 1. The summed E-state index contributed by atoms with van der Waals surface area (Å²) in [4.78, 5) is 13.7. The van der Waals surface area contributed by atoms with E-state index in [-0.39, 0.29) is 24.5 Å². The third-order valence-electron chi connectivity index (χ3n) is 6.62. The Labute approximate surface area is 192 Å². The summed E-state index contributed by atoms with van der Waals surface area (Å²) in [5.41, 5.74) is 5.66. The molecule has 166 valence electrons. The normalized spacial score (nSPS) is 20.8. The van der Waals surface area contributed by atoms with Gasteiger partial charge in [0, 0.05) is 23.6 Å². The lowest BCUT2D eigenvalue weighted by Gasteiger charge is -2.30. The Bertz CT molecular complexity index is 1280. The van der Waals surface area contributed by atoms with Gasteiger partial charge in [0.25, 0.3) is 0 Å².